The minimum Gasteiger partial charge on any atom is -0.494 e. The second-order valence-electron chi connectivity index (χ2n) is 5.49. The topological polar surface area (TPSA) is 36.9 Å². The fourth-order valence-electron chi connectivity index (χ4n) is 2.22. The number of allylic oxidation sites excluding steroid dienone is 1. The molecule has 0 N–H and O–H groups in total. The molecule has 0 bridgehead atoms. The average Bonchev–Trinajstić information content (AvgIpc) is 2.66. The highest BCUT2D eigenvalue weighted by molar-refractivity contribution is 5.64. The van der Waals surface area contributed by atoms with E-state index in [1.807, 2.05) is 42.5 Å². The van der Waals surface area contributed by atoms with Crippen molar-refractivity contribution in [3.63, 3.8) is 0 Å². The molecule has 0 heterocycles. The van der Waals surface area contributed by atoms with E-state index in [1.165, 1.54) is 0 Å². The molecule has 134 valence electrons. The van der Waals surface area contributed by atoms with Gasteiger partial charge in [-0.2, -0.15) is 0 Å². The maximum absolute atomic E-state index is 5.70. The van der Waals surface area contributed by atoms with Crippen LogP contribution in [0.3, 0.4) is 0 Å². The molecule has 2 aromatic carbocycles. The van der Waals surface area contributed by atoms with Gasteiger partial charge in [-0.1, -0.05) is 30.3 Å². The van der Waals surface area contributed by atoms with Crippen molar-refractivity contribution in [2.45, 2.75) is 12.8 Å². The van der Waals surface area contributed by atoms with Crippen molar-refractivity contribution in [3.8, 4) is 22.6 Å². The predicted molar refractivity (Wildman–Crippen MR) is 100 cm³/mol. The van der Waals surface area contributed by atoms with Crippen molar-refractivity contribution >= 4 is 0 Å². The van der Waals surface area contributed by atoms with Gasteiger partial charge in [0.1, 0.15) is 11.5 Å². The lowest BCUT2D eigenvalue weighted by molar-refractivity contribution is -0.00846. The molecule has 2 rings (SSSR count). The Morgan fingerprint density at radius 3 is 1.96 bits per heavy atom. The van der Waals surface area contributed by atoms with E-state index in [2.05, 4.69) is 18.7 Å². The Bertz CT molecular complexity index is 605. The number of benzene rings is 2. The Morgan fingerprint density at radius 2 is 1.40 bits per heavy atom. The van der Waals surface area contributed by atoms with Crippen molar-refractivity contribution in [3.05, 3.63) is 61.2 Å². The Morgan fingerprint density at radius 1 is 0.800 bits per heavy atom. The lowest BCUT2D eigenvalue weighted by atomic mass is 10.1. The summed E-state index contributed by atoms with van der Waals surface area (Å²) in [4.78, 5) is 0. The smallest absolute Gasteiger partial charge is 0.189 e. The zero-order valence-corrected chi connectivity index (χ0v) is 14.8. The van der Waals surface area contributed by atoms with Gasteiger partial charge < -0.3 is 18.9 Å². The Labute approximate surface area is 150 Å². The van der Waals surface area contributed by atoms with Gasteiger partial charge in [0, 0.05) is 7.11 Å². The van der Waals surface area contributed by atoms with Crippen molar-refractivity contribution < 1.29 is 18.9 Å². The van der Waals surface area contributed by atoms with Gasteiger partial charge in [0.15, 0.2) is 6.79 Å². The summed E-state index contributed by atoms with van der Waals surface area (Å²) < 4.78 is 21.4. The molecule has 0 aromatic heterocycles. The van der Waals surface area contributed by atoms with Gasteiger partial charge >= 0.3 is 0 Å². The monoisotopic (exact) mass is 342 g/mol. The van der Waals surface area contributed by atoms with E-state index in [-0.39, 0.29) is 6.79 Å². The maximum Gasteiger partial charge on any atom is 0.189 e. The fraction of sp³-hybridized carbons (Fsp3) is 0.333. The number of hydrogen-bond donors (Lipinski definition) is 0. The normalized spacial score (nSPS) is 10.4. The molecule has 0 radical (unpaired) electrons. The summed E-state index contributed by atoms with van der Waals surface area (Å²) in [5.74, 6) is 1.67. The Balaban J connectivity index is 1.81. The van der Waals surface area contributed by atoms with Crippen LogP contribution in [0, 0.1) is 0 Å². The van der Waals surface area contributed by atoms with Crippen LogP contribution >= 0.6 is 0 Å². The number of methoxy groups -OCH3 is 1. The van der Waals surface area contributed by atoms with Crippen molar-refractivity contribution in [2.24, 2.45) is 0 Å². The van der Waals surface area contributed by atoms with E-state index < -0.39 is 0 Å². The van der Waals surface area contributed by atoms with Gasteiger partial charge in [0.05, 0.1) is 19.8 Å². The van der Waals surface area contributed by atoms with Crippen LogP contribution in [0.2, 0.25) is 0 Å². The molecule has 4 nitrogen and oxygen atoms in total. The van der Waals surface area contributed by atoms with Crippen LogP contribution in [-0.4, -0.2) is 33.7 Å². The SMILES string of the molecule is C=CCCCOc1ccc(-c2ccc(OCOCCOC)cc2)cc1. The first kappa shape index (κ1) is 19.0. The molecular formula is C21H26O4. The van der Waals surface area contributed by atoms with Crippen molar-refractivity contribution in [1.82, 2.24) is 0 Å². The molecule has 0 fully saturated rings. The summed E-state index contributed by atoms with van der Waals surface area (Å²) in [5.41, 5.74) is 2.27. The predicted octanol–water partition coefficient (Wildman–Crippen LogP) is 4.70. The minimum absolute atomic E-state index is 0.223. The van der Waals surface area contributed by atoms with Gasteiger partial charge in [-0.15, -0.1) is 6.58 Å². The van der Waals surface area contributed by atoms with Crippen LogP contribution in [-0.2, 0) is 9.47 Å². The highest BCUT2D eigenvalue weighted by Gasteiger charge is 2.00. The van der Waals surface area contributed by atoms with E-state index in [9.17, 15) is 0 Å². The largest absolute Gasteiger partial charge is 0.494 e. The van der Waals surface area contributed by atoms with Crippen LogP contribution in [0.5, 0.6) is 11.5 Å². The number of hydrogen-bond acceptors (Lipinski definition) is 4. The molecule has 4 heteroatoms. The molecule has 0 unspecified atom stereocenters. The number of ether oxygens (including phenoxy) is 4. The summed E-state index contributed by atoms with van der Waals surface area (Å²) in [6, 6.07) is 16.1. The first-order valence-electron chi connectivity index (χ1n) is 8.47. The number of unbranched alkanes of at least 4 members (excludes halogenated alkanes) is 1. The summed E-state index contributed by atoms with van der Waals surface area (Å²) in [7, 11) is 1.64. The molecule has 0 saturated carbocycles. The fourth-order valence-corrected chi connectivity index (χ4v) is 2.22. The summed E-state index contributed by atoms with van der Waals surface area (Å²) in [6.45, 7) is 5.73. The quantitative estimate of drug-likeness (QED) is 0.318. The van der Waals surface area contributed by atoms with Crippen LogP contribution in [0.15, 0.2) is 61.2 Å². The third kappa shape index (κ3) is 6.99. The van der Waals surface area contributed by atoms with Gasteiger partial charge in [0.25, 0.3) is 0 Å². The van der Waals surface area contributed by atoms with Crippen LogP contribution in [0.1, 0.15) is 12.8 Å². The minimum atomic E-state index is 0.223. The molecule has 0 aliphatic rings. The zero-order chi connectivity index (χ0) is 17.7. The lowest BCUT2D eigenvalue weighted by Gasteiger charge is -2.09. The number of rotatable bonds is 12. The third-order valence-electron chi connectivity index (χ3n) is 3.60. The van der Waals surface area contributed by atoms with E-state index in [0.717, 1.165) is 35.5 Å². The highest BCUT2D eigenvalue weighted by atomic mass is 16.7. The van der Waals surface area contributed by atoms with Gasteiger partial charge in [0.2, 0.25) is 0 Å². The molecular weight excluding hydrogens is 316 g/mol. The second kappa shape index (κ2) is 11.3. The van der Waals surface area contributed by atoms with Gasteiger partial charge in [-0.05, 0) is 48.2 Å². The first-order valence-corrected chi connectivity index (χ1v) is 8.47. The standard InChI is InChI=1S/C21H26O4/c1-3-4-5-14-24-20-10-6-18(7-11-20)19-8-12-21(13-9-19)25-17-23-16-15-22-2/h3,6-13H,1,4-5,14-17H2,2H3. The third-order valence-corrected chi connectivity index (χ3v) is 3.60. The summed E-state index contributed by atoms with van der Waals surface area (Å²) >= 11 is 0. The Kier molecular flexibility index (Phi) is 8.59. The average molecular weight is 342 g/mol. The second-order valence-corrected chi connectivity index (χ2v) is 5.49. The van der Waals surface area contributed by atoms with Crippen molar-refractivity contribution in [1.29, 1.82) is 0 Å². The molecule has 0 atom stereocenters. The molecule has 0 amide bonds. The van der Waals surface area contributed by atoms with E-state index in [1.54, 1.807) is 7.11 Å². The first-order chi connectivity index (χ1) is 12.3. The van der Waals surface area contributed by atoms with Crippen LogP contribution < -0.4 is 9.47 Å². The van der Waals surface area contributed by atoms with Crippen LogP contribution in [0.4, 0.5) is 0 Å². The molecule has 0 saturated heterocycles. The molecule has 0 aliphatic heterocycles. The van der Waals surface area contributed by atoms with Crippen LogP contribution in [0.25, 0.3) is 11.1 Å². The highest BCUT2D eigenvalue weighted by Crippen LogP contribution is 2.24. The Hall–Kier alpha value is -2.30. The van der Waals surface area contributed by atoms with Crippen molar-refractivity contribution in [2.75, 3.05) is 33.7 Å². The zero-order valence-electron chi connectivity index (χ0n) is 14.8. The van der Waals surface area contributed by atoms with E-state index in [4.69, 9.17) is 18.9 Å². The molecule has 0 aliphatic carbocycles. The van der Waals surface area contributed by atoms with E-state index >= 15 is 0 Å². The van der Waals surface area contributed by atoms with Gasteiger partial charge in [-0.25, -0.2) is 0 Å². The molecule has 25 heavy (non-hydrogen) atoms. The lowest BCUT2D eigenvalue weighted by Crippen LogP contribution is -2.07. The molecule has 2 aromatic rings. The molecule has 0 spiro atoms. The summed E-state index contributed by atoms with van der Waals surface area (Å²) in [5, 5.41) is 0. The van der Waals surface area contributed by atoms with E-state index in [0.29, 0.717) is 19.8 Å². The van der Waals surface area contributed by atoms with Gasteiger partial charge in [-0.3, -0.25) is 0 Å². The maximum atomic E-state index is 5.70. The summed E-state index contributed by atoms with van der Waals surface area (Å²) in [6.07, 6.45) is 3.87.